The van der Waals surface area contributed by atoms with Crippen molar-refractivity contribution in [2.24, 2.45) is 0 Å². The third kappa shape index (κ3) is 5.18. The predicted molar refractivity (Wildman–Crippen MR) is 107 cm³/mol. The van der Waals surface area contributed by atoms with Crippen LogP contribution in [-0.4, -0.2) is 34.5 Å². The van der Waals surface area contributed by atoms with Gasteiger partial charge in [0.1, 0.15) is 6.54 Å². The van der Waals surface area contributed by atoms with Crippen molar-refractivity contribution in [3.63, 3.8) is 0 Å². The molecule has 0 aliphatic rings. The Morgan fingerprint density at radius 2 is 1.77 bits per heavy atom. The van der Waals surface area contributed by atoms with Gasteiger partial charge in [0.2, 0.25) is 0 Å². The van der Waals surface area contributed by atoms with Crippen LogP contribution in [0.15, 0.2) is 51.7 Å². The maximum Gasteiger partial charge on any atom is 0.420 e. The third-order valence-electron chi connectivity index (χ3n) is 4.01. The Balaban J connectivity index is 1.56. The van der Waals surface area contributed by atoms with Crippen molar-refractivity contribution in [3.05, 3.63) is 63.1 Å². The van der Waals surface area contributed by atoms with Crippen LogP contribution in [0.1, 0.15) is 6.92 Å². The minimum Gasteiger partial charge on any atom is -0.490 e. The average Bonchev–Trinajstić information content (AvgIpc) is 3.06. The number of oxazole rings is 1. The second-order valence-electron chi connectivity index (χ2n) is 6.13. The summed E-state index contributed by atoms with van der Waals surface area (Å²) >= 11 is 0. The molecule has 0 fully saturated rings. The van der Waals surface area contributed by atoms with E-state index in [1.54, 1.807) is 24.3 Å². The van der Waals surface area contributed by atoms with Crippen LogP contribution in [0.5, 0.6) is 11.5 Å². The number of nitrogens with one attached hydrogen (secondary N) is 2. The lowest BCUT2D eigenvalue weighted by Gasteiger charge is -2.12. The monoisotopic (exact) mass is 430 g/mol. The Labute approximate surface area is 174 Å². The zero-order valence-corrected chi connectivity index (χ0v) is 16.3. The van der Waals surface area contributed by atoms with Gasteiger partial charge in [0.15, 0.2) is 23.7 Å². The van der Waals surface area contributed by atoms with Gasteiger partial charge in [-0.15, -0.1) is 0 Å². The molecular weight excluding hydrogens is 412 g/mol. The fourth-order valence-electron chi connectivity index (χ4n) is 2.66. The minimum absolute atomic E-state index is 0.0302. The second kappa shape index (κ2) is 9.43. The number of carbonyl (C=O) groups is 2. The summed E-state index contributed by atoms with van der Waals surface area (Å²) in [5.41, 5.74) is 4.25. The second-order valence-corrected chi connectivity index (χ2v) is 6.13. The number of hydrogen-bond acceptors (Lipinski definition) is 8. The van der Waals surface area contributed by atoms with Crippen LogP contribution in [0, 0.1) is 10.1 Å². The van der Waals surface area contributed by atoms with E-state index >= 15 is 0 Å². The number of non-ortho nitro benzene ring substituents is 1. The van der Waals surface area contributed by atoms with Crippen LogP contribution in [0.25, 0.3) is 11.1 Å². The van der Waals surface area contributed by atoms with E-state index in [4.69, 9.17) is 13.9 Å². The van der Waals surface area contributed by atoms with Gasteiger partial charge < -0.3 is 13.9 Å². The van der Waals surface area contributed by atoms with E-state index in [2.05, 4.69) is 10.9 Å². The smallest absolute Gasteiger partial charge is 0.420 e. The number of benzene rings is 2. The van der Waals surface area contributed by atoms with Crippen LogP contribution < -0.4 is 26.1 Å². The first kappa shape index (κ1) is 21.4. The molecule has 0 aliphatic heterocycles. The molecule has 2 N–H and O–H groups in total. The zero-order chi connectivity index (χ0) is 22.4. The van der Waals surface area contributed by atoms with Crippen LogP contribution in [-0.2, 0) is 16.1 Å². The molecule has 2 amide bonds. The number of fused-ring (bicyclic) bond motifs is 1. The number of hydrazine groups is 1. The summed E-state index contributed by atoms with van der Waals surface area (Å²) < 4.78 is 16.7. The molecule has 0 unspecified atom stereocenters. The van der Waals surface area contributed by atoms with Gasteiger partial charge in [-0.3, -0.25) is 35.1 Å². The van der Waals surface area contributed by atoms with Crippen molar-refractivity contribution in [2.75, 3.05) is 13.2 Å². The molecule has 3 aromatic rings. The van der Waals surface area contributed by atoms with E-state index in [1.807, 2.05) is 6.92 Å². The number of aromatic nitrogens is 1. The third-order valence-corrected chi connectivity index (χ3v) is 4.01. The minimum atomic E-state index is -0.868. The summed E-state index contributed by atoms with van der Waals surface area (Å²) in [5.74, 6) is -1.37. The molecule has 0 bridgehead atoms. The fourth-order valence-corrected chi connectivity index (χ4v) is 2.66. The van der Waals surface area contributed by atoms with E-state index < -0.39 is 29.0 Å². The Morgan fingerprint density at radius 3 is 2.45 bits per heavy atom. The van der Waals surface area contributed by atoms with Crippen LogP contribution in [0.4, 0.5) is 5.69 Å². The average molecular weight is 430 g/mol. The standard InChI is InChI=1S/C19H18N4O8/c1-2-29-14-5-3-4-6-15(14)30-11-18(25)21-20-17(24)10-22-13-8-7-12(23(27)28)9-16(13)31-19(22)26/h3-9H,2,10-11H2,1H3,(H,20,24)(H,21,25). The van der Waals surface area contributed by atoms with Crippen LogP contribution in [0.2, 0.25) is 0 Å². The first-order valence-corrected chi connectivity index (χ1v) is 9.09. The highest BCUT2D eigenvalue weighted by Gasteiger charge is 2.16. The first-order valence-electron chi connectivity index (χ1n) is 9.09. The molecule has 0 spiro atoms. The Morgan fingerprint density at radius 1 is 1.10 bits per heavy atom. The summed E-state index contributed by atoms with van der Waals surface area (Å²) in [6.07, 6.45) is 0. The molecular formula is C19H18N4O8. The summed E-state index contributed by atoms with van der Waals surface area (Å²) in [7, 11) is 0. The van der Waals surface area contributed by atoms with Crippen LogP contribution in [0.3, 0.4) is 0 Å². The molecule has 0 saturated carbocycles. The Bertz CT molecular complexity index is 1180. The Kier molecular flexibility index (Phi) is 6.50. The van der Waals surface area contributed by atoms with Gasteiger partial charge in [-0.2, -0.15) is 0 Å². The number of carbonyl (C=O) groups excluding carboxylic acids is 2. The van der Waals surface area contributed by atoms with Crippen molar-refractivity contribution in [1.29, 1.82) is 0 Å². The lowest BCUT2D eigenvalue weighted by atomic mass is 10.3. The van der Waals surface area contributed by atoms with Crippen molar-refractivity contribution in [1.82, 2.24) is 15.4 Å². The maximum absolute atomic E-state index is 12.1. The van der Waals surface area contributed by atoms with E-state index in [-0.39, 0.29) is 23.4 Å². The molecule has 12 heteroatoms. The lowest BCUT2D eigenvalue weighted by Crippen LogP contribution is -2.45. The molecule has 0 atom stereocenters. The number of rotatable bonds is 8. The van der Waals surface area contributed by atoms with Crippen molar-refractivity contribution < 1.29 is 28.4 Å². The molecule has 3 rings (SSSR count). The number of nitrogens with zero attached hydrogens (tertiary/aromatic N) is 2. The molecule has 0 saturated heterocycles. The number of nitro benzene ring substituents is 1. The SMILES string of the molecule is CCOc1ccccc1OCC(=O)NNC(=O)Cn1c(=O)oc2cc([N+](=O)[O-])ccc21. The summed E-state index contributed by atoms with van der Waals surface area (Å²) in [6.45, 7) is 1.38. The number of hydrogen-bond donors (Lipinski definition) is 2. The van der Waals surface area contributed by atoms with Crippen molar-refractivity contribution in [2.45, 2.75) is 13.5 Å². The van der Waals surface area contributed by atoms with Gasteiger partial charge in [0.05, 0.1) is 23.1 Å². The van der Waals surface area contributed by atoms with Gasteiger partial charge >= 0.3 is 5.76 Å². The van der Waals surface area contributed by atoms with Gasteiger partial charge in [-0.25, -0.2) is 4.79 Å². The number of ether oxygens (including phenoxy) is 2. The van der Waals surface area contributed by atoms with Crippen LogP contribution >= 0.6 is 0 Å². The van der Waals surface area contributed by atoms with E-state index in [9.17, 15) is 24.5 Å². The van der Waals surface area contributed by atoms with Gasteiger partial charge in [-0.05, 0) is 25.1 Å². The number of para-hydroxylation sites is 2. The molecule has 162 valence electrons. The molecule has 1 aromatic heterocycles. The molecule has 31 heavy (non-hydrogen) atoms. The molecule has 0 aliphatic carbocycles. The predicted octanol–water partition coefficient (Wildman–Crippen LogP) is 1.13. The van der Waals surface area contributed by atoms with Crippen molar-refractivity contribution >= 4 is 28.6 Å². The first-order chi connectivity index (χ1) is 14.9. The molecule has 2 aromatic carbocycles. The summed E-state index contributed by atoms with van der Waals surface area (Å²) in [5, 5.41) is 10.8. The van der Waals surface area contributed by atoms with Crippen molar-refractivity contribution in [3.8, 4) is 11.5 Å². The van der Waals surface area contributed by atoms with Gasteiger partial charge in [0, 0.05) is 6.07 Å². The number of nitro groups is 1. The summed E-state index contributed by atoms with van der Waals surface area (Å²) in [6, 6.07) is 10.4. The fraction of sp³-hybridized carbons (Fsp3) is 0.211. The lowest BCUT2D eigenvalue weighted by molar-refractivity contribution is -0.384. The highest BCUT2D eigenvalue weighted by molar-refractivity contribution is 5.84. The largest absolute Gasteiger partial charge is 0.490 e. The molecule has 1 heterocycles. The van der Waals surface area contributed by atoms with Gasteiger partial charge in [0.25, 0.3) is 17.5 Å². The maximum atomic E-state index is 12.1. The zero-order valence-electron chi connectivity index (χ0n) is 16.3. The van der Waals surface area contributed by atoms with Gasteiger partial charge in [-0.1, -0.05) is 12.1 Å². The number of amides is 2. The van der Waals surface area contributed by atoms with E-state index in [0.29, 0.717) is 18.1 Å². The quantitative estimate of drug-likeness (QED) is 0.398. The highest BCUT2D eigenvalue weighted by Crippen LogP contribution is 2.26. The molecule has 12 nitrogen and oxygen atoms in total. The topological polar surface area (TPSA) is 155 Å². The molecule has 0 radical (unpaired) electrons. The van der Waals surface area contributed by atoms with E-state index in [1.165, 1.54) is 12.1 Å². The van der Waals surface area contributed by atoms with E-state index in [0.717, 1.165) is 10.6 Å². The highest BCUT2D eigenvalue weighted by atomic mass is 16.6. The Hall–Kier alpha value is -4.35. The summed E-state index contributed by atoms with van der Waals surface area (Å²) in [4.78, 5) is 46.2. The normalized spacial score (nSPS) is 10.5.